The van der Waals surface area contributed by atoms with E-state index in [1.807, 2.05) is 10.9 Å². The molecule has 2 rings (SSSR count). The standard InChI is InChI=1S/C15H24N4/c1-5-19-13(3)8-15(14(19)4)10-16-6-7-18-11-12(2)9-17-18/h8-9,11,16H,5-7,10H2,1-4H3. The highest BCUT2D eigenvalue weighted by Crippen LogP contribution is 2.14. The molecule has 0 atom stereocenters. The van der Waals surface area contributed by atoms with Crippen LogP contribution in [0.1, 0.15) is 29.4 Å². The maximum Gasteiger partial charge on any atom is 0.0534 e. The highest BCUT2D eigenvalue weighted by atomic mass is 15.3. The zero-order chi connectivity index (χ0) is 13.8. The average molecular weight is 260 g/mol. The monoisotopic (exact) mass is 260 g/mol. The molecule has 4 heteroatoms. The predicted octanol–water partition coefficient (Wildman–Crippen LogP) is 2.42. The molecule has 0 aromatic carbocycles. The van der Waals surface area contributed by atoms with Crippen LogP contribution in [0.25, 0.3) is 0 Å². The van der Waals surface area contributed by atoms with Crippen molar-refractivity contribution in [3.63, 3.8) is 0 Å². The Kier molecular flexibility index (Phi) is 4.43. The van der Waals surface area contributed by atoms with Crippen molar-refractivity contribution in [3.05, 3.63) is 41.0 Å². The fourth-order valence-electron chi connectivity index (χ4n) is 2.54. The number of hydrogen-bond acceptors (Lipinski definition) is 2. The van der Waals surface area contributed by atoms with Gasteiger partial charge in [-0.15, -0.1) is 0 Å². The number of aryl methyl sites for hydroxylation is 2. The number of hydrogen-bond donors (Lipinski definition) is 1. The first kappa shape index (κ1) is 13.9. The van der Waals surface area contributed by atoms with Crippen molar-refractivity contribution in [1.29, 1.82) is 0 Å². The molecule has 0 saturated carbocycles. The lowest BCUT2D eigenvalue weighted by Crippen LogP contribution is -2.20. The van der Waals surface area contributed by atoms with Crippen molar-refractivity contribution >= 4 is 0 Å². The smallest absolute Gasteiger partial charge is 0.0534 e. The van der Waals surface area contributed by atoms with Crippen LogP contribution in [-0.4, -0.2) is 20.9 Å². The first-order valence-corrected chi connectivity index (χ1v) is 6.97. The number of aromatic nitrogens is 3. The van der Waals surface area contributed by atoms with Crippen molar-refractivity contribution in [3.8, 4) is 0 Å². The minimum atomic E-state index is 0.917. The number of nitrogens with zero attached hydrogens (tertiary/aromatic N) is 3. The molecule has 1 N–H and O–H groups in total. The molecule has 0 radical (unpaired) electrons. The molecule has 0 aliphatic carbocycles. The van der Waals surface area contributed by atoms with Gasteiger partial charge in [0, 0.05) is 37.2 Å². The molecule has 0 spiro atoms. The third kappa shape index (κ3) is 3.26. The van der Waals surface area contributed by atoms with E-state index in [0.717, 1.165) is 26.2 Å². The lowest BCUT2D eigenvalue weighted by atomic mass is 10.2. The van der Waals surface area contributed by atoms with Gasteiger partial charge >= 0.3 is 0 Å². The lowest BCUT2D eigenvalue weighted by Gasteiger charge is -2.07. The second-order valence-corrected chi connectivity index (χ2v) is 5.10. The van der Waals surface area contributed by atoms with Crippen LogP contribution in [0.15, 0.2) is 18.5 Å². The van der Waals surface area contributed by atoms with Crippen LogP contribution >= 0.6 is 0 Å². The summed E-state index contributed by atoms with van der Waals surface area (Å²) >= 11 is 0. The molecule has 2 aromatic rings. The first-order chi connectivity index (χ1) is 9.11. The summed E-state index contributed by atoms with van der Waals surface area (Å²) in [6.07, 6.45) is 3.97. The van der Waals surface area contributed by atoms with E-state index in [2.05, 4.69) is 54.9 Å². The van der Waals surface area contributed by atoms with Gasteiger partial charge in [0.1, 0.15) is 0 Å². The van der Waals surface area contributed by atoms with Gasteiger partial charge in [-0.05, 0) is 44.9 Å². The van der Waals surface area contributed by atoms with Crippen molar-refractivity contribution in [2.24, 2.45) is 0 Å². The maximum atomic E-state index is 4.28. The molecule has 0 aliphatic rings. The molecule has 19 heavy (non-hydrogen) atoms. The molecular weight excluding hydrogens is 236 g/mol. The molecule has 0 saturated heterocycles. The van der Waals surface area contributed by atoms with Crippen LogP contribution in [-0.2, 0) is 19.6 Å². The van der Waals surface area contributed by atoms with Crippen molar-refractivity contribution < 1.29 is 0 Å². The fourth-order valence-corrected chi connectivity index (χ4v) is 2.54. The molecule has 2 heterocycles. The number of rotatable bonds is 6. The highest BCUT2D eigenvalue weighted by molar-refractivity contribution is 5.26. The molecule has 0 amide bonds. The third-order valence-corrected chi connectivity index (χ3v) is 3.59. The van der Waals surface area contributed by atoms with Gasteiger partial charge in [0.25, 0.3) is 0 Å². The van der Waals surface area contributed by atoms with Gasteiger partial charge in [-0.1, -0.05) is 0 Å². The Morgan fingerprint density at radius 2 is 2.05 bits per heavy atom. The Hall–Kier alpha value is -1.55. The van der Waals surface area contributed by atoms with Crippen LogP contribution in [0.2, 0.25) is 0 Å². The van der Waals surface area contributed by atoms with E-state index in [1.54, 1.807) is 0 Å². The summed E-state index contributed by atoms with van der Waals surface area (Å²) in [6, 6.07) is 2.28. The minimum absolute atomic E-state index is 0.917. The summed E-state index contributed by atoms with van der Waals surface area (Å²) in [5, 5.41) is 7.77. The Bertz CT molecular complexity index is 536. The Morgan fingerprint density at radius 3 is 2.63 bits per heavy atom. The van der Waals surface area contributed by atoms with Gasteiger partial charge in [-0.2, -0.15) is 5.10 Å². The van der Waals surface area contributed by atoms with Gasteiger partial charge < -0.3 is 9.88 Å². The zero-order valence-electron chi connectivity index (χ0n) is 12.4. The number of nitrogens with one attached hydrogen (secondary N) is 1. The third-order valence-electron chi connectivity index (χ3n) is 3.59. The van der Waals surface area contributed by atoms with Gasteiger partial charge in [0.15, 0.2) is 0 Å². The Labute approximate surface area is 115 Å². The van der Waals surface area contributed by atoms with E-state index in [-0.39, 0.29) is 0 Å². The van der Waals surface area contributed by atoms with E-state index < -0.39 is 0 Å². The average Bonchev–Trinajstić information content (AvgIpc) is 2.90. The second kappa shape index (κ2) is 6.06. The SMILES string of the molecule is CCn1c(C)cc(CNCCn2cc(C)cn2)c1C. The molecular formula is C15H24N4. The second-order valence-electron chi connectivity index (χ2n) is 5.10. The predicted molar refractivity (Wildman–Crippen MR) is 78.3 cm³/mol. The zero-order valence-corrected chi connectivity index (χ0v) is 12.4. The molecule has 104 valence electrons. The first-order valence-electron chi connectivity index (χ1n) is 6.97. The summed E-state index contributed by atoms with van der Waals surface area (Å²) in [4.78, 5) is 0. The molecule has 2 aromatic heterocycles. The van der Waals surface area contributed by atoms with Crippen LogP contribution in [0.5, 0.6) is 0 Å². The minimum Gasteiger partial charge on any atom is -0.349 e. The van der Waals surface area contributed by atoms with E-state index >= 15 is 0 Å². The van der Waals surface area contributed by atoms with E-state index in [1.165, 1.54) is 22.5 Å². The Balaban J connectivity index is 1.83. The summed E-state index contributed by atoms with van der Waals surface area (Å²) in [6.45, 7) is 12.5. The molecule has 0 bridgehead atoms. The summed E-state index contributed by atoms with van der Waals surface area (Å²) in [7, 11) is 0. The summed E-state index contributed by atoms with van der Waals surface area (Å²) < 4.78 is 4.34. The fraction of sp³-hybridized carbons (Fsp3) is 0.533. The van der Waals surface area contributed by atoms with Crippen molar-refractivity contribution in [1.82, 2.24) is 19.7 Å². The molecule has 0 unspecified atom stereocenters. The van der Waals surface area contributed by atoms with Crippen LogP contribution in [0.3, 0.4) is 0 Å². The van der Waals surface area contributed by atoms with Crippen molar-refractivity contribution in [2.75, 3.05) is 6.54 Å². The van der Waals surface area contributed by atoms with Gasteiger partial charge in [0.2, 0.25) is 0 Å². The van der Waals surface area contributed by atoms with Crippen LogP contribution in [0, 0.1) is 20.8 Å². The molecule has 0 aliphatic heterocycles. The van der Waals surface area contributed by atoms with Crippen LogP contribution in [0.4, 0.5) is 0 Å². The molecule has 0 fully saturated rings. The largest absolute Gasteiger partial charge is 0.349 e. The van der Waals surface area contributed by atoms with Gasteiger partial charge in [-0.25, -0.2) is 0 Å². The normalized spacial score (nSPS) is 11.2. The topological polar surface area (TPSA) is 34.8 Å². The van der Waals surface area contributed by atoms with Crippen molar-refractivity contribution in [2.45, 2.75) is 47.3 Å². The quantitative estimate of drug-likeness (QED) is 0.810. The van der Waals surface area contributed by atoms with E-state index in [4.69, 9.17) is 0 Å². The van der Waals surface area contributed by atoms with Crippen LogP contribution < -0.4 is 5.32 Å². The van der Waals surface area contributed by atoms with E-state index in [0.29, 0.717) is 0 Å². The highest BCUT2D eigenvalue weighted by Gasteiger charge is 2.06. The Morgan fingerprint density at radius 1 is 1.26 bits per heavy atom. The summed E-state index contributed by atoms with van der Waals surface area (Å²) in [5.41, 5.74) is 5.34. The van der Waals surface area contributed by atoms with Gasteiger partial charge in [-0.3, -0.25) is 4.68 Å². The molecule has 4 nitrogen and oxygen atoms in total. The maximum absolute atomic E-state index is 4.28. The van der Waals surface area contributed by atoms with E-state index in [9.17, 15) is 0 Å². The van der Waals surface area contributed by atoms with Gasteiger partial charge in [0.05, 0.1) is 12.7 Å². The summed E-state index contributed by atoms with van der Waals surface area (Å²) in [5.74, 6) is 0. The lowest BCUT2D eigenvalue weighted by molar-refractivity contribution is 0.553.